The maximum atomic E-state index is 14.1. The van der Waals surface area contributed by atoms with E-state index in [1.807, 2.05) is 42.2 Å². The Morgan fingerprint density at radius 2 is 1.84 bits per heavy atom. The number of hydrogen-bond acceptors (Lipinski definition) is 10. The number of halogens is 2. The normalized spacial score (nSPS) is 27.1. The van der Waals surface area contributed by atoms with Gasteiger partial charge in [-0.2, -0.15) is 0 Å². The summed E-state index contributed by atoms with van der Waals surface area (Å²) in [5.74, 6) is 0.973. The first-order chi connectivity index (χ1) is 30.1. The minimum atomic E-state index is -2.46. The lowest BCUT2D eigenvalue weighted by molar-refractivity contribution is -0.136. The summed E-state index contributed by atoms with van der Waals surface area (Å²) in [5, 5.41) is 3.53. The zero-order valence-corrected chi connectivity index (χ0v) is 35.2. The van der Waals surface area contributed by atoms with Gasteiger partial charge in [-0.3, -0.25) is 29.5 Å². The largest absolute Gasteiger partial charge is 0.496 e. The fourth-order valence-electron chi connectivity index (χ4n) is 11.6. The monoisotopic (exact) mass is 849 g/mol. The van der Waals surface area contributed by atoms with E-state index in [1.54, 1.807) is 12.0 Å². The van der Waals surface area contributed by atoms with Gasteiger partial charge in [-0.25, -0.2) is 8.78 Å². The van der Waals surface area contributed by atoms with Crippen molar-refractivity contribution in [3.63, 3.8) is 0 Å². The molecule has 4 fully saturated rings. The number of carbonyl (C=O) groups excluding carboxylic acids is 3. The number of imide groups is 1. The van der Waals surface area contributed by atoms with Gasteiger partial charge in [0.05, 0.1) is 44.6 Å². The lowest BCUT2D eigenvalue weighted by Crippen LogP contribution is -2.65. The van der Waals surface area contributed by atoms with E-state index in [1.165, 1.54) is 5.56 Å². The lowest BCUT2D eigenvalue weighted by Gasteiger charge is -2.54. The highest BCUT2D eigenvalue weighted by atomic mass is 19.3. The van der Waals surface area contributed by atoms with Crippen molar-refractivity contribution in [2.45, 2.75) is 81.8 Å². The van der Waals surface area contributed by atoms with Crippen LogP contribution in [-0.4, -0.2) is 134 Å². The molecule has 326 valence electrons. The van der Waals surface area contributed by atoms with Crippen molar-refractivity contribution in [3.8, 4) is 11.5 Å². The molecular formula is C47H53F2N7O6. The SMILES string of the molecule is COc1cc(N2CC3(CCC(CN4CCN5c6ccc7c(c6OC[C@H]5C4)CN(C4CCC(=O)NC4=O)C7=O)CO3)C2)ccc1[C@@H]1c2[nH]c3ccccc3c2C[C@@H](C)N1CC(F)F. The molecule has 1 spiro atoms. The second-order valence-corrected chi connectivity index (χ2v) is 18.5. The Hall–Kier alpha value is -5.25. The number of methoxy groups -OCH3 is 1. The molecule has 0 saturated carbocycles. The third-order valence-corrected chi connectivity index (χ3v) is 14.8. The molecule has 1 aromatic heterocycles. The Morgan fingerprint density at radius 3 is 2.63 bits per heavy atom. The summed E-state index contributed by atoms with van der Waals surface area (Å²) in [4.78, 5) is 52.1. The molecule has 3 amide bonds. The Balaban J connectivity index is 0.709. The minimum Gasteiger partial charge on any atom is -0.496 e. The molecule has 3 aromatic carbocycles. The number of aromatic amines is 1. The third kappa shape index (κ3) is 6.61. The molecule has 0 radical (unpaired) electrons. The van der Waals surface area contributed by atoms with Gasteiger partial charge in [0.1, 0.15) is 29.7 Å². The quantitative estimate of drug-likeness (QED) is 0.232. The zero-order chi connectivity index (χ0) is 42.4. The highest BCUT2D eigenvalue weighted by Gasteiger charge is 2.48. The standard InChI is InChI=1S/C47H53F2N7O6/c1-27-17-34-31-5-3-4-6-36(31)50-42(34)43(55(27)22-40(48)49)33-8-7-29(18-39(33)60-2)53-25-47(26-53)14-13-28(23-62-47)19-52-15-16-54-30(20-52)24-61-44-35-21-56(38-11-12-41(57)51-45(38)58)46(59)32(35)9-10-37(44)54/h3-10,18,27-28,30,38,40,43,50H,11-17,19-26H2,1-2H3,(H,51,57,58)/t27-,28?,30-,38?,43-/m1/s1. The van der Waals surface area contributed by atoms with E-state index in [0.717, 1.165) is 104 Å². The zero-order valence-electron chi connectivity index (χ0n) is 35.2. The maximum absolute atomic E-state index is 14.1. The highest BCUT2D eigenvalue weighted by molar-refractivity contribution is 6.06. The van der Waals surface area contributed by atoms with Gasteiger partial charge < -0.3 is 33.9 Å². The van der Waals surface area contributed by atoms with E-state index in [-0.39, 0.29) is 42.5 Å². The predicted molar refractivity (Wildman–Crippen MR) is 228 cm³/mol. The maximum Gasteiger partial charge on any atom is 0.255 e. The summed E-state index contributed by atoms with van der Waals surface area (Å²) in [5.41, 5.74) is 7.32. The van der Waals surface area contributed by atoms with Gasteiger partial charge in [-0.15, -0.1) is 0 Å². The molecule has 2 unspecified atom stereocenters. The Kier molecular flexibility index (Phi) is 9.72. The molecule has 2 N–H and O–H groups in total. The van der Waals surface area contributed by atoms with E-state index in [0.29, 0.717) is 43.2 Å². The molecular weight excluding hydrogens is 797 g/mol. The van der Waals surface area contributed by atoms with Crippen LogP contribution in [0.5, 0.6) is 11.5 Å². The van der Waals surface area contributed by atoms with Crippen LogP contribution in [0, 0.1) is 5.92 Å². The second kappa shape index (κ2) is 15.2. The molecule has 0 bridgehead atoms. The summed E-state index contributed by atoms with van der Waals surface area (Å²) in [6.07, 6.45) is 0.881. The van der Waals surface area contributed by atoms with E-state index in [9.17, 15) is 23.2 Å². The fraction of sp³-hybridized carbons (Fsp3) is 0.511. The number of rotatable bonds is 8. The van der Waals surface area contributed by atoms with Crippen molar-refractivity contribution in [1.29, 1.82) is 0 Å². The number of ether oxygens (including phenoxy) is 3. The van der Waals surface area contributed by atoms with Crippen molar-refractivity contribution >= 4 is 40.0 Å². The Bertz CT molecular complexity index is 2440. The number of H-pyrrole nitrogens is 1. The van der Waals surface area contributed by atoms with Crippen LogP contribution in [0.2, 0.25) is 0 Å². The highest BCUT2D eigenvalue weighted by Crippen LogP contribution is 2.47. The van der Waals surface area contributed by atoms with Crippen LogP contribution in [0.25, 0.3) is 10.9 Å². The summed E-state index contributed by atoms with van der Waals surface area (Å²) < 4.78 is 47.3. The molecule has 11 rings (SSSR count). The van der Waals surface area contributed by atoms with Crippen LogP contribution in [0.15, 0.2) is 54.6 Å². The van der Waals surface area contributed by atoms with Crippen molar-refractivity contribution in [2.75, 3.05) is 75.9 Å². The number of alkyl halides is 2. The third-order valence-electron chi connectivity index (χ3n) is 14.8. The molecule has 8 heterocycles. The topological polar surface area (TPSA) is 123 Å². The van der Waals surface area contributed by atoms with Crippen LogP contribution in [0.4, 0.5) is 20.2 Å². The van der Waals surface area contributed by atoms with Gasteiger partial charge in [0.2, 0.25) is 11.8 Å². The van der Waals surface area contributed by atoms with Crippen molar-refractivity contribution < 1.29 is 37.4 Å². The number of benzene rings is 3. The number of fused-ring (bicyclic) bond motifs is 8. The van der Waals surface area contributed by atoms with Crippen LogP contribution >= 0.6 is 0 Å². The molecule has 5 atom stereocenters. The molecule has 7 aliphatic rings. The summed E-state index contributed by atoms with van der Waals surface area (Å²) in [6, 6.07) is 17.3. The minimum absolute atomic E-state index is 0.0749. The van der Waals surface area contributed by atoms with Gasteiger partial charge in [-0.1, -0.05) is 24.3 Å². The average molecular weight is 850 g/mol. The first-order valence-electron chi connectivity index (χ1n) is 22.2. The number of carbonyl (C=O) groups is 3. The van der Waals surface area contributed by atoms with Crippen LogP contribution in [0.3, 0.4) is 0 Å². The lowest BCUT2D eigenvalue weighted by atomic mass is 9.82. The average Bonchev–Trinajstić information content (AvgIpc) is 3.79. The molecule has 4 saturated heterocycles. The molecule has 7 aliphatic heterocycles. The molecule has 4 aromatic rings. The van der Waals surface area contributed by atoms with Crippen LogP contribution < -0.4 is 24.6 Å². The number of para-hydroxylation sites is 1. The van der Waals surface area contributed by atoms with E-state index in [2.05, 4.69) is 49.3 Å². The van der Waals surface area contributed by atoms with Gasteiger partial charge >= 0.3 is 0 Å². The first kappa shape index (κ1) is 39.6. The molecule has 0 aliphatic carbocycles. The van der Waals surface area contributed by atoms with Crippen molar-refractivity contribution in [3.05, 3.63) is 82.5 Å². The number of nitrogens with zero attached hydrogens (tertiary/aromatic N) is 5. The van der Waals surface area contributed by atoms with Crippen molar-refractivity contribution in [2.24, 2.45) is 5.92 Å². The van der Waals surface area contributed by atoms with Gasteiger partial charge in [-0.05, 0) is 68.4 Å². The van der Waals surface area contributed by atoms with E-state index in [4.69, 9.17) is 14.2 Å². The van der Waals surface area contributed by atoms with Crippen LogP contribution in [-0.2, 0) is 27.3 Å². The van der Waals surface area contributed by atoms with Crippen molar-refractivity contribution in [1.82, 2.24) is 25.0 Å². The van der Waals surface area contributed by atoms with Crippen LogP contribution in [0.1, 0.15) is 71.4 Å². The number of hydrogen-bond donors (Lipinski definition) is 2. The molecule has 13 nitrogen and oxygen atoms in total. The summed E-state index contributed by atoms with van der Waals surface area (Å²) in [7, 11) is 1.66. The van der Waals surface area contributed by atoms with E-state index < -0.39 is 24.4 Å². The van der Waals surface area contributed by atoms with Gasteiger partial charge in [0.25, 0.3) is 12.3 Å². The first-order valence-corrected chi connectivity index (χ1v) is 22.2. The number of piperidine rings is 1. The summed E-state index contributed by atoms with van der Waals surface area (Å²) in [6.45, 7) is 8.48. The number of aromatic nitrogens is 1. The van der Waals surface area contributed by atoms with Gasteiger partial charge in [0.15, 0.2) is 0 Å². The fourth-order valence-corrected chi connectivity index (χ4v) is 11.6. The second-order valence-electron chi connectivity index (χ2n) is 18.5. The number of nitrogens with one attached hydrogen (secondary N) is 2. The summed E-state index contributed by atoms with van der Waals surface area (Å²) >= 11 is 0. The smallest absolute Gasteiger partial charge is 0.255 e. The Morgan fingerprint density at radius 1 is 0.984 bits per heavy atom. The van der Waals surface area contributed by atoms with E-state index >= 15 is 0 Å². The number of anilines is 2. The predicted octanol–water partition coefficient (Wildman–Crippen LogP) is 5.11. The number of amides is 3. The Labute approximate surface area is 359 Å². The molecule has 62 heavy (non-hydrogen) atoms. The van der Waals surface area contributed by atoms with Gasteiger partial charge in [0, 0.05) is 96.8 Å². The number of piperazine rings is 1. The molecule has 15 heteroatoms.